The first-order valence-corrected chi connectivity index (χ1v) is 13.1. The second-order valence-electron chi connectivity index (χ2n) is 9.20. The third kappa shape index (κ3) is 4.86. The number of nitrogens with zero attached hydrogens (tertiary/aromatic N) is 2. The zero-order valence-electron chi connectivity index (χ0n) is 19.2. The predicted molar refractivity (Wildman–Crippen MR) is 131 cm³/mol. The number of para-hydroxylation sites is 1. The first-order chi connectivity index (χ1) is 16.1. The largest absolute Gasteiger partial charge is 0.486 e. The molecule has 2 heterocycles. The van der Waals surface area contributed by atoms with Crippen LogP contribution < -0.4 is 20.3 Å². The van der Waals surface area contributed by atoms with Crippen LogP contribution in [0.5, 0.6) is 5.75 Å². The van der Waals surface area contributed by atoms with E-state index in [1.807, 2.05) is 13.0 Å². The number of amides is 1. The van der Waals surface area contributed by atoms with Crippen molar-refractivity contribution < 1.29 is 14.3 Å². The van der Waals surface area contributed by atoms with E-state index < -0.39 is 0 Å². The summed E-state index contributed by atoms with van der Waals surface area (Å²) < 4.78 is 6.51. The number of thiazole rings is 1. The van der Waals surface area contributed by atoms with Gasteiger partial charge < -0.3 is 20.3 Å². The Bertz CT molecular complexity index is 1020. The van der Waals surface area contributed by atoms with E-state index in [-0.39, 0.29) is 23.8 Å². The van der Waals surface area contributed by atoms with E-state index in [4.69, 9.17) is 4.74 Å². The second-order valence-corrected chi connectivity index (χ2v) is 10.3. The summed E-state index contributed by atoms with van der Waals surface area (Å²) in [5, 5.41) is 7.36. The lowest BCUT2D eigenvalue weighted by Gasteiger charge is -2.36. The summed E-state index contributed by atoms with van der Waals surface area (Å²) in [6.45, 7) is 3.64. The molecule has 0 spiro atoms. The molecule has 3 aliphatic rings. The van der Waals surface area contributed by atoms with Gasteiger partial charge in [0.05, 0.1) is 17.5 Å². The number of hydrogen-bond acceptors (Lipinski definition) is 7. The molecule has 1 saturated heterocycles. The molecule has 1 aromatic carbocycles. The summed E-state index contributed by atoms with van der Waals surface area (Å²) >= 11 is 1.58. The number of rotatable bonds is 7. The van der Waals surface area contributed by atoms with Crippen LogP contribution in [0, 0.1) is 0 Å². The zero-order valence-corrected chi connectivity index (χ0v) is 20.0. The number of aryl methyl sites for hydroxylation is 1. The summed E-state index contributed by atoms with van der Waals surface area (Å²) in [6, 6.07) is 6.45. The van der Waals surface area contributed by atoms with Crippen molar-refractivity contribution >= 4 is 39.5 Å². The number of ketones is 1. The van der Waals surface area contributed by atoms with Gasteiger partial charge in [-0.25, -0.2) is 4.98 Å². The van der Waals surface area contributed by atoms with Crippen LogP contribution in [0.3, 0.4) is 0 Å². The first kappa shape index (κ1) is 22.2. The lowest BCUT2D eigenvalue weighted by Crippen LogP contribution is -2.44. The number of benzene rings is 1. The van der Waals surface area contributed by atoms with Gasteiger partial charge in [-0.1, -0.05) is 13.0 Å². The Morgan fingerprint density at radius 2 is 2.00 bits per heavy atom. The molecular weight excluding hydrogens is 436 g/mol. The number of ether oxygens (including phenoxy) is 1. The average Bonchev–Trinajstić information content (AvgIpc) is 3.21. The predicted octanol–water partition coefficient (Wildman–Crippen LogP) is 4.83. The van der Waals surface area contributed by atoms with Crippen molar-refractivity contribution in [1.29, 1.82) is 0 Å². The van der Waals surface area contributed by atoms with Gasteiger partial charge in [0.2, 0.25) is 5.91 Å². The summed E-state index contributed by atoms with van der Waals surface area (Å²) in [4.78, 5) is 32.1. The van der Waals surface area contributed by atoms with Gasteiger partial charge in [-0.2, -0.15) is 0 Å². The highest BCUT2D eigenvalue weighted by Crippen LogP contribution is 2.42. The van der Waals surface area contributed by atoms with Crippen molar-refractivity contribution in [3.63, 3.8) is 0 Å². The van der Waals surface area contributed by atoms with Crippen LogP contribution in [0.1, 0.15) is 73.7 Å². The van der Waals surface area contributed by atoms with E-state index >= 15 is 0 Å². The molecule has 7 nitrogen and oxygen atoms in total. The van der Waals surface area contributed by atoms with Crippen LogP contribution in [0.15, 0.2) is 18.2 Å². The van der Waals surface area contributed by atoms with Crippen molar-refractivity contribution in [2.24, 2.45) is 0 Å². The molecule has 0 unspecified atom stereocenters. The van der Waals surface area contributed by atoms with E-state index in [1.54, 1.807) is 11.3 Å². The fraction of sp³-hybridized carbons (Fsp3) is 0.560. The Hall–Kier alpha value is -2.61. The van der Waals surface area contributed by atoms with Crippen molar-refractivity contribution in [3.8, 4) is 5.75 Å². The highest BCUT2D eigenvalue weighted by atomic mass is 32.1. The Labute approximate surface area is 198 Å². The molecule has 1 aliphatic heterocycles. The van der Waals surface area contributed by atoms with Gasteiger partial charge in [0.1, 0.15) is 5.69 Å². The zero-order chi connectivity index (χ0) is 22.8. The molecule has 2 N–H and O–H groups in total. The van der Waals surface area contributed by atoms with E-state index in [9.17, 15) is 9.59 Å². The van der Waals surface area contributed by atoms with E-state index in [0.717, 1.165) is 78.7 Å². The molecule has 5 rings (SSSR count). The maximum Gasteiger partial charge on any atom is 0.219 e. The summed E-state index contributed by atoms with van der Waals surface area (Å²) in [6.07, 6.45) is 8.43. The SMILES string of the molecule is CCC(=O)NC1CCN(c2cccc(Nc3nc4c(s3)CCCC4=O)c2OC2CCC2)CC1. The molecular formula is C25H32N4O3S. The minimum absolute atomic E-state index is 0.123. The number of nitrogens with one attached hydrogen (secondary N) is 2. The number of aromatic nitrogens is 1. The monoisotopic (exact) mass is 468 g/mol. The van der Waals surface area contributed by atoms with Crippen LogP contribution in [0.25, 0.3) is 0 Å². The van der Waals surface area contributed by atoms with Gasteiger partial charge in [0.15, 0.2) is 16.7 Å². The van der Waals surface area contributed by atoms with Gasteiger partial charge >= 0.3 is 0 Å². The standard InChI is InChI=1S/C25H32N4O3S/c1-2-22(31)26-16-12-14-29(15-13-16)19-9-4-8-18(24(19)32-17-6-3-7-17)27-25-28-23-20(30)10-5-11-21(23)33-25/h4,8-9,16-17H,2-3,5-7,10-15H2,1H3,(H,26,31)(H,27,28). The topological polar surface area (TPSA) is 83.6 Å². The van der Waals surface area contributed by atoms with Gasteiger partial charge in [-0.05, 0) is 57.1 Å². The highest BCUT2D eigenvalue weighted by molar-refractivity contribution is 7.16. The third-order valence-corrected chi connectivity index (χ3v) is 7.89. The van der Waals surface area contributed by atoms with Gasteiger partial charge in [0, 0.05) is 36.9 Å². The van der Waals surface area contributed by atoms with Crippen LogP contribution in [0.2, 0.25) is 0 Å². The van der Waals surface area contributed by atoms with Crippen LogP contribution in [-0.4, -0.2) is 41.9 Å². The van der Waals surface area contributed by atoms with Gasteiger partial charge in [0.25, 0.3) is 0 Å². The normalized spacial score (nSPS) is 19.1. The second kappa shape index (κ2) is 9.71. The molecule has 33 heavy (non-hydrogen) atoms. The molecule has 0 atom stereocenters. The Morgan fingerprint density at radius 3 is 2.70 bits per heavy atom. The molecule has 1 amide bonds. The van der Waals surface area contributed by atoms with Crippen LogP contribution >= 0.6 is 11.3 Å². The molecule has 0 radical (unpaired) electrons. The smallest absolute Gasteiger partial charge is 0.219 e. The molecule has 2 aliphatic carbocycles. The molecule has 1 aromatic heterocycles. The maximum atomic E-state index is 12.2. The molecule has 0 bridgehead atoms. The maximum absolute atomic E-state index is 12.2. The van der Waals surface area contributed by atoms with Crippen LogP contribution in [-0.2, 0) is 11.2 Å². The van der Waals surface area contributed by atoms with Crippen molar-refractivity contribution in [1.82, 2.24) is 10.3 Å². The quantitative estimate of drug-likeness (QED) is 0.605. The Kier molecular flexibility index (Phi) is 6.53. The molecule has 2 fully saturated rings. The number of fused-ring (bicyclic) bond motifs is 1. The number of Topliss-reactive ketones (excluding diaryl/α,β-unsaturated/α-hetero) is 1. The van der Waals surface area contributed by atoms with Gasteiger partial charge in [-0.3, -0.25) is 9.59 Å². The summed E-state index contributed by atoms with van der Waals surface area (Å²) in [5.74, 6) is 1.15. The van der Waals surface area contributed by atoms with E-state index in [2.05, 4.69) is 32.7 Å². The Balaban J connectivity index is 1.37. The van der Waals surface area contributed by atoms with Crippen molar-refractivity contribution in [2.75, 3.05) is 23.3 Å². The third-order valence-electron chi connectivity index (χ3n) is 6.86. The average molecular weight is 469 g/mol. The van der Waals surface area contributed by atoms with Crippen molar-refractivity contribution in [2.45, 2.75) is 76.9 Å². The van der Waals surface area contributed by atoms with Crippen molar-refractivity contribution in [3.05, 3.63) is 28.8 Å². The Morgan fingerprint density at radius 1 is 1.18 bits per heavy atom. The summed E-state index contributed by atoms with van der Waals surface area (Å²) in [7, 11) is 0. The van der Waals surface area contributed by atoms with Gasteiger partial charge in [-0.15, -0.1) is 11.3 Å². The number of hydrogen-bond donors (Lipinski definition) is 2. The first-order valence-electron chi connectivity index (χ1n) is 12.2. The fourth-order valence-electron chi connectivity index (χ4n) is 4.68. The number of carbonyl (C=O) groups excluding carboxylic acids is 2. The molecule has 1 saturated carbocycles. The lowest BCUT2D eigenvalue weighted by molar-refractivity contribution is -0.121. The van der Waals surface area contributed by atoms with Crippen LogP contribution in [0.4, 0.5) is 16.5 Å². The molecule has 2 aromatic rings. The van der Waals surface area contributed by atoms with E-state index in [1.165, 1.54) is 6.42 Å². The number of carbonyl (C=O) groups is 2. The number of anilines is 3. The van der Waals surface area contributed by atoms with E-state index in [0.29, 0.717) is 18.5 Å². The number of piperidine rings is 1. The lowest BCUT2D eigenvalue weighted by atomic mass is 9.96. The summed E-state index contributed by atoms with van der Waals surface area (Å²) in [5.41, 5.74) is 2.63. The minimum atomic E-state index is 0.123. The minimum Gasteiger partial charge on any atom is -0.486 e. The molecule has 8 heteroatoms. The molecule has 176 valence electrons. The fourth-order valence-corrected chi connectivity index (χ4v) is 5.72. The highest BCUT2D eigenvalue weighted by Gasteiger charge is 2.28.